The van der Waals surface area contributed by atoms with Gasteiger partial charge in [0.15, 0.2) is 0 Å². The summed E-state index contributed by atoms with van der Waals surface area (Å²) in [5.74, 6) is 1.34. The molecular formula is C18H23ClN2O. The van der Waals surface area contributed by atoms with Gasteiger partial charge in [-0.2, -0.15) is 0 Å². The van der Waals surface area contributed by atoms with Gasteiger partial charge in [0.05, 0.1) is 7.11 Å². The monoisotopic (exact) mass is 318 g/mol. The van der Waals surface area contributed by atoms with Crippen LogP contribution in [0.2, 0.25) is 0 Å². The van der Waals surface area contributed by atoms with Crippen LogP contribution >= 0.6 is 12.4 Å². The van der Waals surface area contributed by atoms with E-state index in [2.05, 4.69) is 47.4 Å². The molecule has 118 valence electrons. The third-order valence-corrected chi connectivity index (χ3v) is 4.23. The molecule has 0 radical (unpaired) electrons. The smallest absolute Gasteiger partial charge is 0.118 e. The van der Waals surface area contributed by atoms with Crippen molar-refractivity contribution < 1.29 is 4.74 Å². The van der Waals surface area contributed by atoms with Crippen molar-refractivity contribution in [2.24, 2.45) is 5.73 Å². The van der Waals surface area contributed by atoms with Crippen LogP contribution < -0.4 is 10.5 Å². The van der Waals surface area contributed by atoms with Crippen LogP contribution in [0.15, 0.2) is 54.6 Å². The molecule has 1 aliphatic rings. The lowest BCUT2D eigenvalue weighted by atomic mass is 9.95. The fourth-order valence-corrected chi connectivity index (χ4v) is 3.08. The SMILES string of the molecule is COc1ccc(CN2C[C@@H](N)[C@H](c3ccccc3)C2)cc1.Cl. The number of nitrogens with two attached hydrogens (primary N) is 1. The van der Waals surface area contributed by atoms with Crippen LogP contribution in [0.1, 0.15) is 17.0 Å². The fraction of sp³-hybridized carbons (Fsp3) is 0.333. The minimum atomic E-state index is 0. The molecule has 0 aliphatic carbocycles. The first kappa shape index (κ1) is 16.8. The summed E-state index contributed by atoms with van der Waals surface area (Å²) in [5.41, 5.74) is 8.99. The van der Waals surface area contributed by atoms with Crippen molar-refractivity contribution in [1.82, 2.24) is 4.90 Å². The number of methoxy groups -OCH3 is 1. The van der Waals surface area contributed by atoms with E-state index in [0.29, 0.717) is 5.92 Å². The number of hydrogen-bond donors (Lipinski definition) is 1. The maximum absolute atomic E-state index is 6.34. The summed E-state index contributed by atoms with van der Waals surface area (Å²) < 4.78 is 5.20. The molecule has 0 unspecified atom stereocenters. The number of benzene rings is 2. The first-order chi connectivity index (χ1) is 10.3. The molecule has 1 fully saturated rings. The van der Waals surface area contributed by atoms with Crippen molar-refractivity contribution in [3.8, 4) is 5.75 Å². The summed E-state index contributed by atoms with van der Waals surface area (Å²) in [6.07, 6.45) is 0. The molecule has 0 saturated carbocycles. The topological polar surface area (TPSA) is 38.5 Å². The largest absolute Gasteiger partial charge is 0.497 e. The number of nitrogens with zero attached hydrogens (tertiary/aromatic N) is 1. The highest BCUT2D eigenvalue weighted by molar-refractivity contribution is 5.85. The minimum Gasteiger partial charge on any atom is -0.497 e. The van der Waals surface area contributed by atoms with Crippen molar-refractivity contribution in [2.45, 2.75) is 18.5 Å². The molecule has 2 aromatic rings. The van der Waals surface area contributed by atoms with Crippen molar-refractivity contribution in [3.05, 3.63) is 65.7 Å². The molecule has 0 aromatic heterocycles. The minimum absolute atomic E-state index is 0. The Morgan fingerprint density at radius 1 is 1.05 bits per heavy atom. The molecule has 1 heterocycles. The average Bonchev–Trinajstić information content (AvgIpc) is 2.89. The molecule has 0 bridgehead atoms. The molecule has 3 rings (SSSR count). The molecule has 1 saturated heterocycles. The van der Waals surface area contributed by atoms with E-state index in [-0.39, 0.29) is 18.4 Å². The quantitative estimate of drug-likeness (QED) is 0.941. The molecule has 2 N–H and O–H groups in total. The summed E-state index contributed by atoms with van der Waals surface area (Å²) in [5, 5.41) is 0. The van der Waals surface area contributed by atoms with E-state index >= 15 is 0 Å². The van der Waals surface area contributed by atoms with Gasteiger partial charge in [-0.15, -0.1) is 12.4 Å². The lowest BCUT2D eigenvalue weighted by Crippen LogP contribution is -2.28. The zero-order valence-corrected chi connectivity index (χ0v) is 13.6. The number of hydrogen-bond acceptors (Lipinski definition) is 3. The average molecular weight is 319 g/mol. The molecule has 1 aliphatic heterocycles. The van der Waals surface area contributed by atoms with E-state index in [1.54, 1.807) is 7.11 Å². The molecule has 0 amide bonds. The first-order valence-electron chi connectivity index (χ1n) is 7.42. The predicted octanol–water partition coefficient (Wildman–Crippen LogP) is 3.04. The van der Waals surface area contributed by atoms with Gasteiger partial charge in [-0.1, -0.05) is 42.5 Å². The highest BCUT2D eigenvalue weighted by Gasteiger charge is 2.30. The second kappa shape index (κ2) is 7.63. The fourth-order valence-electron chi connectivity index (χ4n) is 3.08. The van der Waals surface area contributed by atoms with E-state index in [4.69, 9.17) is 10.5 Å². The summed E-state index contributed by atoms with van der Waals surface area (Å²) in [4.78, 5) is 2.43. The normalized spacial score (nSPS) is 21.4. The van der Waals surface area contributed by atoms with Crippen LogP contribution in [0.4, 0.5) is 0 Å². The molecular weight excluding hydrogens is 296 g/mol. The lowest BCUT2D eigenvalue weighted by Gasteiger charge is -2.16. The third kappa shape index (κ3) is 3.80. The summed E-state index contributed by atoms with van der Waals surface area (Å²) in [6, 6.07) is 19.1. The van der Waals surface area contributed by atoms with Gasteiger partial charge in [0.25, 0.3) is 0 Å². The second-order valence-corrected chi connectivity index (χ2v) is 5.72. The van der Waals surface area contributed by atoms with Crippen LogP contribution in [-0.4, -0.2) is 31.1 Å². The Kier molecular flexibility index (Phi) is 5.83. The molecule has 3 nitrogen and oxygen atoms in total. The maximum atomic E-state index is 6.34. The number of likely N-dealkylation sites (tertiary alicyclic amines) is 1. The van der Waals surface area contributed by atoms with Gasteiger partial charge < -0.3 is 10.5 Å². The maximum Gasteiger partial charge on any atom is 0.118 e. The van der Waals surface area contributed by atoms with Crippen LogP contribution in [0, 0.1) is 0 Å². The Morgan fingerprint density at radius 3 is 2.36 bits per heavy atom. The Balaban J connectivity index is 0.00000176. The number of rotatable bonds is 4. The van der Waals surface area contributed by atoms with Crippen molar-refractivity contribution >= 4 is 12.4 Å². The summed E-state index contributed by atoms with van der Waals surface area (Å²) in [7, 11) is 1.69. The third-order valence-electron chi connectivity index (χ3n) is 4.23. The zero-order valence-electron chi connectivity index (χ0n) is 12.8. The van der Waals surface area contributed by atoms with E-state index in [0.717, 1.165) is 25.4 Å². The van der Waals surface area contributed by atoms with Gasteiger partial charge in [0, 0.05) is 31.6 Å². The number of ether oxygens (including phenoxy) is 1. The van der Waals surface area contributed by atoms with Gasteiger partial charge in [-0.05, 0) is 23.3 Å². The molecule has 4 heteroatoms. The van der Waals surface area contributed by atoms with Gasteiger partial charge in [0.1, 0.15) is 5.75 Å². The van der Waals surface area contributed by atoms with Crippen LogP contribution in [0.3, 0.4) is 0 Å². The molecule has 2 atom stereocenters. The highest BCUT2D eigenvalue weighted by atomic mass is 35.5. The Bertz CT molecular complexity index is 573. The van der Waals surface area contributed by atoms with Crippen molar-refractivity contribution in [1.29, 1.82) is 0 Å². The predicted molar refractivity (Wildman–Crippen MR) is 92.7 cm³/mol. The van der Waals surface area contributed by atoms with Crippen LogP contribution in [0.25, 0.3) is 0 Å². The highest BCUT2D eigenvalue weighted by Crippen LogP contribution is 2.27. The first-order valence-corrected chi connectivity index (χ1v) is 7.42. The van der Waals surface area contributed by atoms with Crippen LogP contribution in [0.5, 0.6) is 5.75 Å². The molecule has 2 aromatic carbocycles. The van der Waals surface area contributed by atoms with E-state index in [9.17, 15) is 0 Å². The second-order valence-electron chi connectivity index (χ2n) is 5.72. The summed E-state index contributed by atoms with van der Waals surface area (Å²) in [6.45, 7) is 2.92. The van der Waals surface area contributed by atoms with Gasteiger partial charge in [-0.3, -0.25) is 4.90 Å². The summed E-state index contributed by atoms with van der Waals surface area (Å²) >= 11 is 0. The van der Waals surface area contributed by atoms with Gasteiger partial charge >= 0.3 is 0 Å². The zero-order chi connectivity index (χ0) is 14.7. The van der Waals surface area contributed by atoms with E-state index < -0.39 is 0 Å². The van der Waals surface area contributed by atoms with Gasteiger partial charge in [0.2, 0.25) is 0 Å². The Hall–Kier alpha value is -1.55. The lowest BCUT2D eigenvalue weighted by molar-refractivity contribution is 0.323. The van der Waals surface area contributed by atoms with Crippen LogP contribution in [-0.2, 0) is 6.54 Å². The standard InChI is InChI=1S/C18H22N2O.ClH/c1-21-16-9-7-14(8-10-16)11-20-12-17(18(19)13-20)15-5-3-2-4-6-15;/h2-10,17-18H,11-13,19H2,1H3;1H/t17-,18+;/m0./s1. The van der Waals surface area contributed by atoms with Gasteiger partial charge in [-0.25, -0.2) is 0 Å². The van der Waals surface area contributed by atoms with Crippen molar-refractivity contribution in [2.75, 3.05) is 20.2 Å². The van der Waals surface area contributed by atoms with Crippen molar-refractivity contribution in [3.63, 3.8) is 0 Å². The Morgan fingerprint density at radius 2 is 1.73 bits per heavy atom. The Labute approximate surface area is 138 Å². The van der Waals surface area contributed by atoms with E-state index in [1.165, 1.54) is 11.1 Å². The number of halogens is 1. The van der Waals surface area contributed by atoms with E-state index in [1.807, 2.05) is 12.1 Å². The molecule has 22 heavy (non-hydrogen) atoms. The molecule has 0 spiro atoms.